The molecule has 0 aromatic heterocycles. The maximum atomic E-state index is 12.1. The molecule has 9 nitrogen and oxygen atoms in total. The van der Waals surface area contributed by atoms with Crippen molar-refractivity contribution in [3.63, 3.8) is 0 Å². The summed E-state index contributed by atoms with van der Waals surface area (Å²) < 4.78 is 10.2. The molecule has 0 spiro atoms. The molecule has 0 bridgehead atoms. The lowest BCUT2D eigenvalue weighted by Gasteiger charge is -2.11. The van der Waals surface area contributed by atoms with E-state index in [1.54, 1.807) is 43.3 Å². The third-order valence-corrected chi connectivity index (χ3v) is 4.01. The Morgan fingerprint density at radius 2 is 1.67 bits per heavy atom. The molecule has 158 valence electrons. The van der Waals surface area contributed by atoms with E-state index in [0.29, 0.717) is 27.9 Å². The molecule has 0 unspecified atom stereocenters. The van der Waals surface area contributed by atoms with Crippen molar-refractivity contribution in [3.05, 3.63) is 47.5 Å². The van der Waals surface area contributed by atoms with Crippen molar-refractivity contribution in [2.45, 2.75) is 13.3 Å². The second-order valence-electron chi connectivity index (χ2n) is 6.04. The van der Waals surface area contributed by atoms with E-state index in [1.165, 1.54) is 20.3 Å². The average Bonchev–Trinajstić information content (AvgIpc) is 2.73. The molecule has 2 aromatic rings. The summed E-state index contributed by atoms with van der Waals surface area (Å²) in [6, 6.07) is 11.4. The number of benzene rings is 2. The average molecular weight is 433 g/mol. The largest absolute Gasteiger partial charge is 0.497 e. The van der Waals surface area contributed by atoms with Gasteiger partial charge in [0.15, 0.2) is 0 Å². The summed E-state index contributed by atoms with van der Waals surface area (Å²) in [7, 11) is 2.90. The van der Waals surface area contributed by atoms with E-state index in [4.69, 9.17) is 21.1 Å². The van der Waals surface area contributed by atoms with Crippen LogP contribution in [0.1, 0.15) is 13.3 Å². The second kappa shape index (κ2) is 10.8. The Morgan fingerprint density at radius 3 is 2.30 bits per heavy atom. The molecule has 0 saturated heterocycles. The lowest BCUT2D eigenvalue weighted by Crippen LogP contribution is -2.33. The standard InChI is InChI=1S/C20H21ClN4O5/c1-12(10-18(26)22-14-6-4-13(21)5-7-14)24-25-20(28)19(27)23-16-11-15(29-2)8-9-17(16)30-3/h4-9,11H,10H2,1-3H3,(H,22,26)(H,23,27)(H,25,28)/b24-12+. The van der Waals surface area contributed by atoms with Crippen LogP contribution in [-0.4, -0.2) is 37.7 Å². The summed E-state index contributed by atoms with van der Waals surface area (Å²) in [6.45, 7) is 1.55. The highest BCUT2D eigenvalue weighted by molar-refractivity contribution is 6.39. The van der Waals surface area contributed by atoms with Gasteiger partial charge in [-0.3, -0.25) is 14.4 Å². The Labute approximate surface area is 178 Å². The summed E-state index contributed by atoms with van der Waals surface area (Å²) in [6.07, 6.45) is -0.0752. The number of carbonyl (C=O) groups excluding carboxylic acids is 3. The van der Waals surface area contributed by atoms with Gasteiger partial charge in [-0.15, -0.1) is 0 Å². The number of hydrogen-bond acceptors (Lipinski definition) is 6. The third kappa shape index (κ3) is 6.78. The van der Waals surface area contributed by atoms with Gasteiger partial charge in [0.25, 0.3) is 0 Å². The predicted octanol–water partition coefficient (Wildman–Crippen LogP) is 2.82. The molecule has 2 rings (SSSR count). The van der Waals surface area contributed by atoms with Gasteiger partial charge in [-0.25, -0.2) is 5.43 Å². The number of amides is 3. The number of hydrazone groups is 1. The fourth-order valence-corrected chi connectivity index (χ4v) is 2.42. The van der Waals surface area contributed by atoms with Gasteiger partial charge in [-0.2, -0.15) is 5.10 Å². The highest BCUT2D eigenvalue weighted by Gasteiger charge is 2.16. The number of halogens is 1. The van der Waals surface area contributed by atoms with Crippen LogP contribution in [0.4, 0.5) is 11.4 Å². The van der Waals surface area contributed by atoms with Crippen molar-refractivity contribution in [1.29, 1.82) is 0 Å². The first-order valence-electron chi connectivity index (χ1n) is 8.74. The van der Waals surface area contributed by atoms with E-state index >= 15 is 0 Å². The molecule has 30 heavy (non-hydrogen) atoms. The molecule has 0 aliphatic rings. The molecule has 2 aromatic carbocycles. The molecule has 3 amide bonds. The maximum Gasteiger partial charge on any atom is 0.329 e. The number of carbonyl (C=O) groups is 3. The second-order valence-corrected chi connectivity index (χ2v) is 6.48. The van der Waals surface area contributed by atoms with E-state index in [-0.39, 0.29) is 18.0 Å². The molecule has 10 heteroatoms. The smallest absolute Gasteiger partial charge is 0.329 e. The minimum absolute atomic E-state index is 0.0752. The van der Waals surface area contributed by atoms with E-state index < -0.39 is 11.8 Å². The van der Waals surface area contributed by atoms with E-state index in [2.05, 4.69) is 21.2 Å². The van der Waals surface area contributed by atoms with Gasteiger partial charge in [0.2, 0.25) is 5.91 Å². The molecule has 0 aliphatic carbocycles. The fourth-order valence-electron chi connectivity index (χ4n) is 2.30. The first-order valence-corrected chi connectivity index (χ1v) is 9.12. The van der Waals surface area contributed by atoms with Crippen molar-refractivity contribution in [2.24, 2.45) is 5.10 Å². The lowest BCUT2D eigenvalue weighted by molar-refractivity contribution is -0.136. The van der Waals surface area contributed by atoms with Gasteiger partial charge in [0, 0.05) is 22.5 Å². The highest BCUT2D eigenvalue weighted by atomic mass is 35.5. The molecule has 0 atom stereocenters. The lowest BCUT2D eigenvalue weighted by atomic mass is 10.2. The molecule has 0 aliphatic heterocycles. The molecule has 0 fully saturated rings. The number of ether oxygens (including phenoxy) is 2. The van der Waals surface area contributed by atoms with Gasteiger partial charge >= 0.3 is 11.8 Å². The van der Waals surface area contributed by atoms with Gasteiger partial charge in [0.1, 0.15) is 11.5 Å². The first-order chi connectivity index (χ1) is 14.3. The summed E-state index contributed by atoms with van der Waals surface area (Å²) in [5.41, 5.74) is 3.26. The summed E-state index contributed by atoms with van der Waals surface area (Å²) in [5.74, 6) is -1.46. The first kappa shape index (κ1) is 22.7. The molecule has 0 radical (unpaired) electrons. The van der Waals surface area contributed by atoms with Crippen molar-refractivity contribution < 1.29 is 23.9 Å². The van der Waals surface area contributed by atoms with Crippen LogP contribution in [0.5, 0.6) is 11.5 Å². The van der Waals surface area contributed by atoms with Crippen LogP contribution in [0, 0.1) is 0 Å². The molecular formula is C20H21ClN4O5. The van der Waals surface area contributed by atoms with Crippen LogP contribution < -0.4 is 25.5 Å². The minimum atomic E-state index is -1.00. The molecular weight excluding hydrogens is 412 g/mol. The zero-order chi connectivity index (χ0) is 22.1. The van der Waals surface area contributed by atoms with Crippen LogP contribution in [0.15, 0.2) is 47.6 Å². The third-order valence-electron chi connectivity index (χ3n) is 3.75. The number of nitrogens with one attached hydrogen (secondary N) is 3. The monoisotopic (exact) mass is 432 g/mol. The van der Waals surface area contributed by atoms with E-state index in [9.17, 15) is 14.4 Å². The SMILES string of the molecule is COc1ccc(OC)c(NC(=O)C(=O)N/N=C(\C)CC(=O)Nc2ccc(Cl)cc2)c1. The Balaban J connectivity index is 1.90. The maximum absolute atomic E-state index is 12.1. The Kier molecular flexibility index (Phi) is 8.18. The van der Waals surface area contributed by atoms with E-state index in [0.717, 1.165) is 0 Å². The summed E-state index contributed by atoms with van der Waals surface area (Å²) in [5, 5.41) is 9.42. The zero-order valence-corrected chi connectivity index (χ0v) is 17.4. The van der Waals surface area contributed by atoms with Gasteiger partial charge < -0.3 is 20.1 Å². The fraction of sp³-hybridized carbons (Fsp3) is 0.200. The number of nitrogens with zero attached hydrogens (tertiary/aromatic N) is 1. The van der Waals surface area contributed by atoms with Crippen LogP contribution in [0.3, 0.4) is 0 Å². The molecule has 3 N–H and O–H groups in total. The van der Waals surface area contributed by atoms with Crippen molar-refractivity contribution in [2.75, 3.05) is 24.9 Å². The van der Waals surface area contributed by atoms with Crippen LogP contribution in [0.2, 0.25) is 5.02 Å². The Bertz CT molecular complexity index is 960. The van der Waals surface area contributed by atoms with Crippen molar-refractivity contribution in [1.82, 2.24) is 5.43 Å². The van der Waals surface area contributed by atoms with Crippen molar-refractivity contribution >= 4 is 46.4 Å². The van der Waals surface area contributed by atoms with E-state index in [1.807, 2.05) is 0 Å². The highest BCUT2D eigenvalue weighted by Crippen LogP contribution is 2.28. The van der Waals surface area contributed by atoms with Crippen LogP contribution in [-0.2, 0) is 14.4 Å². The number of hydrogen-bond donors (Lipinski definition) is 3. The Morgan fingerprint density at radius 1 is 0.967 bits per heavy atom. The quantitative estimate of drug-likeness (QED) is 0.353. The number of methoxy groups -OCH3 is 2. The van der Waals surface area contributed by atoms with Gasteiger partial charge in [-0.05, 0) is 43.3 Å². The summed E-state index contributed by atoms with van der Waals surface area (Å²) >= 11 is 5.79. The number of rotatable bonds is 7. The summed E-state index contributed by atoms with van der Waals surface area (Å²) in [4.78, 5) is 36.1. The molecule has 0 saturated carbocycles. The number of anilines is 2. The van der Waals surface area contributed by atoms with Gasteiger partial charge in [0.05, 0.1) is 26.3 Å². The minimum Gasteiger partial charge on any atom is -0.497 e. The normalized spacial score (nSPS) is 10.7. The topological polar surface area (TPSA) is 118 Å². The van der Waals surface area contributed by atoms with Gasteiger partial charge in [-0.1, -0.05) is 11.6 Å². The Hall–Kier alpha value is -3.59. The molecule has 0 heterocycles. The van der Waals surface area contributed by atoms with Crippen LogP contribution >= 0.6 is 11.6 Å². The zero-order valence-electron chi connectivity index (χ0n) is 16.6. The van der Waals surface area contributed by atoms with Crippen LogP contribution in [0.25, 0.3) is 0 Å². The predicted molar refractivity (Wildman–Crippen MR) is 114 cm³/mol. The van der Waals surface area contributed by atoms with Crippen molar-refractivity contribution in [3.8, 4) is 11.5 Å².